The van der Waals surface area contributed by atoms with Gasteiger partial charge in [-0.15, -0.1) is 0 Å². The average Bonchev–Trinajstić information content (AvgIpc) is 3.29. The summed E-state index contributed by atoms with van der Waals surface area (Å²) in [5.74, 6) is 0.678. The normalized spacial score (nSPS) is 13.5. The quantitative estimate of drug-likeness (QED) is 0.379. The third-order valence-electron chi connectivity index (χ3n) is 6.53. The molecule has 8 heteroatoms. The molecule has 1 N–H and O–H groups in total. The van der Waals surface area contributed by atoms with Crippen LogP contribution in [0, 0.1) is 0 Å². The number of fused-ring (bicyclic) bond motifs is 1. The maximum absolute atomic E-state index is 12.9. The predicted octanol–water partition coefficient (Wildman–Crippen LogP) is 4.54. The zero-order valence-corrected chi connectivity index (χ0v) is 21.0. The van der Waals surface area contributed by atoms with Crippen LogP contribution in [0.2, 0.25) is 0 Å². The molecule has 0 radical (unpaired) electrons. The summed E-state index contributed by atoms with van der Waals surface area (Å²) in [5.41, 5.74) is 4.85. The van der Waals surface area contributed by atoms with Crippen molar-refractivity contribution < 1.29 is 14.3 Å². The smallest absolute Gasteiger partial charge is 0.321 e. The number of nitrogens with zero attached hydrogens (tertiary/aromatic N) is 4. The second kappa shape index (κ2) is 11.2. The molecule has 1 aromatic heterocycles. The zero-order valence-electron chi connectivity index (χ0n) is 21.0. The number of imidazole rings is 1. The van der Waals surface area contributed by atoms with E-state index in [0.29, 0.717) is 38.5 Å². The maximum atomic E-state index is 12.9. The predicted molar refractivity (Wildman–Crippen MR) is 145 cm³/mol. The van der Waals surface area contributed by atoms with Gasteiger partial charge in [0.1, 0.15) is 0 Å². The number of amides is 2. The standard InChI is InChI=1S/C29H31N5O3/c1-2-37-27(35)20-22-12-14-24(15-13-22)30-29(36)33-18-16-32(17-19-33)28-31-25-10-6-7-11-26(25)34(28)21-23-8-4-3-5-9-23/h3-15H,2,16-21H2,1H3,(H,30,36). The van der Waals surface area contributed by atoms with Crippen molar-refractivity contribution in [1.29, 1.82) is 0 Å². The van der Waals surface area contributed by atoms with Crippen LogP contribution in [0.15, 0.2) is 78.9 Å². The number of para-hydroxylation sites is 2. The van der Waals surface area contributed by atoms with E-state index in [2.05, 4.69) is 45.1 Å². The Kier molecular flexibility index (Phi) is 7.35. The van der Waals surface area contributed by atoms with Gasteiger partial charge >= 0.3 is 12.0 Å². The molecule has 4 aromatic rings. The molecule has 190 valence electrons. The number of piperazine rings is 1. The number of nitrogens with one attached hydrogen (secondary N) is 1. The first-order valence-corrected chi connectivity index (χ1v) is 12.7. The minimum atomic E-state index is -0.255. The summed E-state index contributed by atoms with van der Waals surface area (Å²) in [6, 6.07) is 25.8. The highest BCUT2D eigenvalue weighted by atomic mass is 16.5. The molecule has 1 fully saturated rings. The van der Waals surface area contributed by atoms with E-state index in [1.165, 1.54) is 5.56 Å². The lowest BCUT2D eigenvalue weighted by molar-refractivity contribution is -0.142. The molecule has 0 spiro atoms. The number of hydrogen-bond donors (Lipinski definition) is 1. The monoisotopic (exact) mass is 497 g/mol. The van der Waals surface area contributed by atoms with Crippen LogP contribution in [0.1, 0.15) is 18.1 Å². The summed E-state index contributed by atoms with van der Waals surface area (Å²) in [6.45, 7) is 5.49. The fraction of sp³-hybridized carbons (Fsp3) is 0.276. The fourth-order valence-corrected chi connectivity index (χ4v) is 4.62. The summed E-state index contributed by atoms with van der Waals surface area (Å²) in [7, 11) is 0. The number of carbonyl (C=O) groups is 2. The van der Waals surface area contributed by atoms with Crippen LogP contribution in [0.3, 0.4) is 0 Å². The molecule has 0 atom stereocenters. The molecule has 1 saturated heterocycles. The first-order valence-electron chi connectivity index (χ1n) is 12.7. The fourth-order valence-electron chi connectivity index (χ4n) is 4.62. The van der Waals surface area contributed by atoms with E-state index in [1.807, 2.05) is 53.4 Å². The van der Waals surface area contributed by atoms with Gasteiger partial charge in [0.05, 0.1) is 30.6 Å². The number of hydrogen-bond acceptors (Lipinski definition) is 5. The second-order valence-corrected chi connectivity index (χ2v) is 9.06. The van der Waals surface area contributed by atoms with Crippen molar-refractivity contribution >= 4 is 34.7 Å². The number of benzene rings is 3. The van der Waals surface area contributed by atoms with Crippen LogP contribution in [0.4, 0.5) is 16.4 Å². The Bertz CT molecular complexity index is 1360. The summed E-state index contributed by atoms with van der Waals surface area (Å²) in [4.78, 5) is 33.6. The second-order valence-electron chi connectivity index (χ2n) is 9.06. The molecule has 3 aromatic carbocycles. The molecule has 2 amide bonds. The first-order chi connectivity index (χ1) is 18.1. The Morgan fingerprint density at radius 3 is 2.30 bits per heavy atom. The van der Waals surface area contributed by atoms with Crippen molar-refractivity contribution in [3.05, 3.63) is 90.0 Å². The molecular weight excluding hydrogens is 466 g/mol. The maximum Gasteiger partial charge on any atom is 0.321 e. The van der Waals surface area contributed by atoms with Crippen molar-refractivity contribution in [2.24, 2.45) is 0 Å². The SMILES string of the molecule is CCOC(=O)Cc1ccc(NC(=O)N2CCN(c3nc4ccccc4n3Cc3ccccc3)CC2)cc1. The molecule has 5 rings (SSSR count). The van der Waals surface area contributed by atoms with Crippen LogP contribution in [-0.2, 0) is 22.5 Å². The van der Waals surface area contributed by atoms with Gasteiger partial charge in [0.15, 0.2) is 0 Å². The van der Waals surface area contributed by atoms with Gasteiger partial charge in [-0.3, -0.25) is 4.79 Å². The van der Waals surface area contributed by atoms with E-state index >= 15 is 0 Å². The third-order valence-corrected chi connectivity index (χ3v) is 6.53. The van der Waals surface area contributed by atoms with E-state index in [4.69, 9.17) is 9.72 Å². The zero-order chi connectivity index (χ0) is 25.6. The van der Waals surface area contributed by atoms with E-state index in [9.17, 15) is 9.59 Å². The molecule has 37 heavy (non-hydrogen) atoms. The van der Waals surface area contributed by atoms with Gasteiger partial charge in [-0.05, 0) is 42.3 Å². The highest BCUT2D eigenvalue weighted by molar-refractivity contribution is 5.89. The third kappa shape index (κ3) is 5.74. The summed E-state index contributed by atoms with van der Waals surface area (Å²) >= 11 is 0. The molecule has 0 saturated carbocycles. The topological polar surface area (TPSA) is 79.7 Å². The number of rotatable bonds is 7. The van der Waals surface area contributed by atoms with Gasteiger partial charge < -0.3 is 24.4 Å². The van der Waals surface area contributed by atoms with Crippen LogP contribution in [0.25, 0.3) is 11.0 Å². The Morgan fingerprint density at radius 2 is 1.57 bits per heavy atom. The molecule has 1 aliphatic heterocycles. The van der Waals surface area contributed by atoms with Crippen LogP contribution >= 0.6 is 0 Å². The number of esters is 1. The van der Waals surface area contributed by atoms with Crippen LogP contribution < -0.4 is 10.2 Å². The highest BCUT2D eigenvalue weighted by Gasteiger charge is 2.25. The molecular formula is C29H31N5O3. The van der Waals surface area contributed by atoms with Gasteiger partial charge in [-0.25, -0.2) is 9.78 Å². The van der Waals surface area contributed by atoms with Crippen molar-refractivity contribution in [3.63, 3.8) is 0 Å². The number of ether oxygens (including phenoxy) is 1. The van der Waals surface area contributed by atoms with Gasteiger partial charge in [-0.1, -0.05) is 54.6 Å². The summed E-state index contributed by atoms with van der Waals surface area (Å²) < 4.78 is 7.25. The van der Waals surface area contributed by atoms with Crippen molar-refractivity contribution in [2.75, 3.05) is 43.0 Å². The molecule has 0 bridgehead atoms. The van der Waals surface area contributed by atoms with Gasteiger partial charge in [0.2, 0.25) is 5.95 Å². The highest BCUT2D eigenvalue weighted by Crippen LogP contribution is 2.25. The Labute approximate surface area is 216 Å². The molecule has 0 unspecified atom stereocenters. The van der Waals surface area contributed by atoms with Gasteiger partial charge in [0.25, 0.3) is 0 Å². The lowest BCUT2D eigenvalue weighted by Crippen LogP contribution is -2.50. The summed E-state index contributed by atoms with van der Waals surface area (Å²) in [5, 5.41) is 2.97. The van der Waals surface area contributed by atoms with E-state index in [-0.39, 0.29) is 18.4 Å². The largest absolute Gasteiger partial charge is 0.466 e. The lowest BCUT2D eigenvalue weighted by Gasteiger charge is -2.35. The number of carbonyl (C=O) groups excluding carboxylic acids is 2. The van der Waals surface area contributed by atoms with Crippen molar-refractivity contribution in [1.82, 2.24) is 14.5 Å². The average molecular weight is 498 g/mol. The number of anilines is 2. The van der Waals surface area contributed by atoms with E-state index in [1.54, 1.807) is 6.92 Å². The summed E-state index contributed by atoms with van der Waals surface area (Å²) in [6.07, 6.45) is 0.221. The van der Waals surface area contributed by atoms with E-state index in [0.717, 1.165) is 29.1 Å². The van der Waals surface area contributed by atoms with Crippen LogP contribution in [-0.4, -0.2) is 59.2 Å². The lowest BCUT2D eigenvalue weighted by atomic mass is 10.1. The van der Waals surface area contributed by atoms with E-state index < -0.39 is 0 Å². The van der Waals surface area contributed by atoms with Gasteiger partial charge in [-0.2, -0.15) is 0 Å². The minimum absolute atomic E-state index is 0.129. The molecule has 1 aliphatic rings. The number of aromatic nitrogens is 2. The Balaban J connectivity index is 1.22. The van der Waals surface area contributed by atoms with Gasteiger partial charge in [0, 0.05) is 31.9 Å². The first kappa shape index (κ1) is 24.4. The number of urea groups is 1. The van der Waals surface area contributed by atoms with Crippen molar-refractivity contribution in [2.45, 2.75) is 19.9 Å². The van der Waals surface area contributed by atoms with Crippen molar-refractivity contribution in [3.8, 4) is 0 Å². The molecule has 2 heterocycles. The molecule has 0 aliphatic carbocycles. The van der Waals surface area contributed by atoms with Crippen LogP contribution in [0.5, 0.6) is 0 Å². The Morgan fingerprint density at radius 1 is 0.865 bits per heavy atom. The molecule has 8 nitrogen and oxygen atoms in total. The Hall–Kier alpha value is -4.33. The minimum Gasteiger partial charge on any atom is -0.466 e.